The maximum absolute atomic E-state index is 5.27. The summed E-state index contributed by atoms with van der Waals surface area (Å²) in [6.45, 7) is 5.57. The van der Waals surface area contributed by atoms with Crippen molar-refractivity contribution in [3.63, 3.8) is 0 Å². The van der Waals surface area contributed by atoms with Crippen LogP contribution in [0.2, 0.25) is 0 Å². The summed E-state index contributed by atoms with van der Waals surface area (Å²) in [6.07, 6.45) is 0.562. The number of rotatable bonds is 0. The van der Waals surface area contributed by atoms with E-state index in [0.717, 1.165) is 13.2 Å². The molecule has 8 heavy (non-hydrogen) atoms. The minimum Gasteiger partial charge on any atom is -0.373 e. The van der Waals surface area contributed by atoms with Gasteiger partial charge in [0.25, 0.3) is 0 Å². The van der Waals surface area contributed by atoms with Gasteiger partial charge in [-0.3, -0.25) is 0 Å². The molecule has 1 saturated heterocycles. The minimum atomic E-state index is 0.281. The first-order valence-corrected chi connectivity index (χ1v) is 3.04. The van der Waals surface area contributed by atoms with Gasteiger partial charge in [-0.25, -0.2) is 0 Å². The van der Waals surface area contributed by atoms with E-state index >= 15 is 0 Å². The van der Waals surface area contributed by atoms with Crippen molar-refractivity contribution in [3.8, 4) is 0 Å². The summed E-state index contributed by atoms with van der Waals surface area (Å²) in [6, 6.07) is 0. The molecule has 0 radical (unpaired) electrons. The van der Waals surface area contributed by atoms with Gasteiger partial charge in [-0.05, 0) is 13.8 Å². The topological polar surface area (TPSA) is 18.5 Å². The predicted molar refractivity (Wildman–Crippen MR) is 30.8 cm³/mol. The van der Waals surface area contributed by atoms with Crippen molar-refractivity contribution in [1.29, 1.82) is 0 Å². The molecule has 1 heterocycles. The molecular formula is C6H12O2. The molecule has 1 aliphatic heterocycles. The van der Waals surface area contributed by atoms with Crippen LogP contribution in [0.4, 0.5) is 0 Å². The lowest BCUT2D eigenvalue weighted by Gasteiger charge is -2.25. The Morgan fingerprint density at radius 2 is 1.38 bits per heavy atom. The highest BCUT2D eigenvalue weighted by Crippen LogP contribution is 2.07. The summed E-state index contributed by atoms with van der Waals surface area (Å²) in [4.78, 5) is 0. The van der Waals surface area contributed by atoms with Crippen LogP contribution in [-0.2, 0) is 9.47 Å². The Hall–Kier alpha value is -0.0800. The Bertz CT molecular complexity index is 62.9. The zero-order valence-corrected chi connectivity index (χ0v) is 5.39. The Labute approximate surface area is 49.8 Å². The van der Waals surface area contributed by atoms with E-state index < -0.39 is 0 Å². The summed E-state index contributed by atoms with van der Waals surface area (Å²) in [5.74, 6) is 0. The lowest BCUT2D eigenvalue weighted by molar-refractivity contribution is -0.124. The van der Waals surface area contributed by atoms with Crippen LogP contribution in [0.1, 0.15) is 13.8 Å². The lowest BCUT2D eigenvalue weighted by atomic mass is 10.2. The molecule has 0 N–H and O–H groups in total. The van der Waals surface area contributed by atoms with E-state index in [0.29, 0.717) is 0 Å². The van der Waals surface area contributed by atoms with E-state index in [9.17, 15) is 0 Å². The molecule has 2 heteroatoms. The van der Waals surface area contributed by atoms with Crippen molar-refractivity contribution < 1.29 is 9.47 Å². The molecular weight excluding hydrogens is 104 g/mol. The first-order valence-electron chi connectivity index (χ1n) is 3.04. The van der Waals surface area contributed by atoms with E-state index in [1.807, 2.05) is 13.8 Å². The van der Waals surface area contributed by atoms with Gasteiger partial charge in [0.2, 0.25) is 0 Å². The number of ether oxygens (including phenoxy) is 2. The van der Waals surface area contributed by atoms with Crippen molar-refractivity contribution >= 4 is 0 Å². The van der Waals surface area contributed by atoms with Crippen molar-refractivity contribution in [1.82, 2.24) is 0 Å². The molecule has 2 atom stereocenters. The molecule has 0 amide bonds. The fourth-order valence-electron chi connectivity index (χ4n) is 0.739. The molecule has 0 aliphatic carbocycles. The molecule has 0 aromatic rings. The minimum absolute atomic E-state index is 0.281. The van der Waals surface area contributed by atoms with Crippen LogP contribution in [0.5, 0.6) is 0 Å². The molecule has 48 valence electrons. The summed E-state index contributed by atoms with van der Waals surface area (Å²) >= 11 is 0. The van der Waals surface area contributed by atoms with Crippen LogP contribution in [-0.4, -0.2) is 25.4 Å². The van der Waals surface area contributed by atoms with Crippen LogP contribution in [0.3, 0.4) is 0 Å². The first-order chi connectivity index (χ1) is 3.80. The third kappa shape index (κ3) is 1.20. The summed E-state index contributed by atoms with van der Waals surface area (Å²) < 4.78 is 10.5. The molecule has 2 nitrogen and oxygen atoms in total. The molecule has 1 rings (SSSR count). The monoisotopic (exact) mass is 116 g/mol. The lowest BCUT2D eigenvalue weighted by Crippen LogP contribution is -2.33. The smallest absolute Gasteiger partial charge is 0.0807 e. The van der Waals surface area contributed by atoms with E-state index in [1.165, 1.54) is 0 Å². The highest BCUT2D eigenvalue weighted by molar-refractivity contribution is 4.63. The average molecular weight is 116 g/mol. The van der Waals surface area contributed by atoms with Gasteiger partial charge >= 0.3 is 0 Å². The Morgan fingerprint density at radius 1 is 1.00 bits per heavy atom. The van der Waals surface area contributed by atoms with Gasteiger partial charge in [0.1, 0.15) is 0 Å². The zero-order chi connectivity index (χ0) is 5.98. The highest BCUT2D eigenvalue weighted by Gasteiger charge is 2.16. The Morgan fingerprint density at radius 3 is 1.62 bits per heavy atom. The molecule has 1 fully saturated rings. The van der Waals surface area contributed by atoms with Crippen molar-refractivity contribution in [2.75, 3.05) is 13.2 Å². The maximum atomic E-state index is 5.27. The second kappa shape index (κ2) is 2.46. The third-order valence-corrected chi connectivity index (χ3v) is 1.51. The fraction of sp³-hybridized carbons (Fsp3) is 1.00. The fourth-order valence-corrected chi connectivity index (χ4v) is 0.739. The van der Waals surface area contributed by atoms with Crippen molar-refractivity contribution in [3.05, 3.63) is 0 Å². The predicted octanol–water partition coefficient (Wildman–Crippen LogP) is 0.810. The largest absolute Gasteiger partial charge is 0.373 e. The Balaban J connectivity index is 2.28. The molecule has 0 spiro atoms. The van der Waals surface area contributed by atoms with Crippen molar-refractivity contribution in [2.45, 2.75) is 26.1 Å². The summed E-state index contributed by atoms with van der Waals surface area (Å²) in [5, 5.41) is 0. The first kappa shape index (κ1) is 6.05. The van der Waals surface area contributed by atoms with Crippen LogP contribution < -0.4 is 0 Å². The van der Waals surface area contributed by atoms with Gasteiger partial charge < -0.3 is 9.47 Å². The van der Waals surface area contributed by atoms with Gasteiger partial charge in [-0.1, -0.05) is 0 Å². The van der Waals surface area contributed by atoms with Gasteiger partial charge in [0.15, 0.2) is 0 Å². The average Bonchev–Trinajstić information content (AvgIpc) is 1.77. The van der Waals surface area contributed by atoms with E-state index in [2.05, 4.69) is 0 Å². The van der Waals surface area contributed by atoms with Crippen LogP contribution in [0.25, 0.3) is 0 Å². The van der Waals surface area contributed by atoms with E-state index in [1.54, 1.807) is 0 Å². The molecule has 0 aromatic carbocycles. The number of hydrogen-bond acceptors (Lipinski definition) is 2. The van der Waals surface area contributed by atoms with Gasteiger partial charge in [-0.2, -0.15) is 0 Å². The Kier molecular flexibility index (Phi) is 1.86. The number of hydrogen-bond donors (Lipinski definition) is 0. The second-order valence-electron chi connectivity index (χ2n) is 2.15. The zero-order valence-electron chi connectivity index (χ0n) is 5.39. The molecule has 0 aromatic heterocycles. The van der Waals surface area contributed by atoms with Crippen LogP contribution >= 0.6 is 0 Å². The van der Waals surface area contributed by atoms with Gasteiger partial charge in [-0.15, -0.1) is 0 Å². The summed E-state index contributed by atoms with van der Waals surface area (Å²) in [7, 11) is 0. The second-order valence-corrected chi connectivity index (χ2v) is 2.15. The standard InChI is InChI=1S/C6H12O2/c1-5-6(2)8-4-3-7-5/h5-6H,3-4H2,1-2H3. The third-order valence-electron chi connectivity index (χ3n) is 1.51. The van der Waals surface area contributed by atoms with Crippen molar-refractivity contribution in [2.24, 2.45) is 0 Å². The van der Waals surface area contributed by atoms with Crippen LogP contribution in [0.15, 0.2) is 0 Å². The SMILES string of the molecule is CC1OCCOC1C. The quantitative estimate of drug-likeness (QED) is 0.466. The van der Waals surface area contributed by atoms with E-state index in [4.69, 9.17) is 9.47 Å². The molecule has 0 bridgehead atoms. The summed E-state index contributed by atoms with van der Waals surface area (Å²) in [5.41, 5.74) is 0. The highest BCUT2D eigenvalue weighted by atomic mass is 16.6. The van der Waals surface area contributed by atoms with Gasteiger partial charge in [0.05, 0.1) is 25.4 Å². The normalized spacial score (nSPS) is 39.8. The maximum Gasteiger partial charge on any atom is 0.0807 e. The van der Waals surface area contributed by atoms with Crippen LogP contribution in [0, 0.1) is 0 Å². The van der Waals surface area contributed by atoms with Gasteiger partial charge in [0, 0.05) is 0 Å². The molecule has 0 saturated carbocycles. The van der Waals surface area contributed by atoms with E-state index in [-0.39, 0.29) is 12.2 Å². The molecule has 2 unspecified atom stereocenters. The molecule has 1 aliphatic rings.